The van der Waals surface area contributed by atoms with Crippen LogP contribution in [0.5, 0.6) is 0 Å². The summed E-state index contributed by atoms with van der Waals surface area (Å²) in [7, 11) is 0. The van der Waals surface area contributed by atoms with Crippen molar-refractivity contribution in [2.24, 2.45) is 0 Å². The second kappa shape index (κ2) is 8.44. The van der Waals surface area contributed by atoms with Gasteiger partial charge in [-0.2, -0.15) is 0 Å². The summed E-state index contributed by atoms with van der Waals surface area (Å²) in [6, 6.07) is 17.0. The fourth-order valence-electron chi connectivity index (χ4n) is 2.83. The lowest BCUT2D eigenvalue weighted by Gasteiger charge is -2.34. The maximum absolute atomic E-state index is 12.4. The van der Waals surface area contributed by atoms with Gasteiger partial charge in [0.15, 0.2) is 0 Å². The first-order valence-electron chi connectivity index (χ1n) is 8.24. The summed E-state index contributed by atoms with van der Waals surface area (Å²) >= 11 is 2.21. The molecule has 1 aliphatic rings. The molecule has 1 heterocycles. The number of carbonyl (C=O) groups is 2. The zero-order valence-electron chi connectivity index (χ0n) is 13.8. The Balaban J connectivity index is 1.48. The number of amides is 2. The van der Waals surface area contributed by atoms with E-state index in [1.54, 1.807) is 0 Å². The smallest absolute Gasteiger partial charge is 0.253 e. The number of nitrogens with zero attached hydrogens (tertiary/aromatic N) is 2. The highest BCUT2D eigenvalue weighted by molar-refractivity contribution is 14.1. The lowest BCUT2D eigenvalue weighted by Crippen LogP contribution is -2.50. The van der Waals surface area contributed by atoms with Crippen LogP contribution >= 0.6 is 22.6 Å². The standard InChI is InChI=1S/C19H20IN3O2/c20-16-8-4-5-9-17(16)21-18(24)14-22-10-12-23(13-11-22)19(25)15-6-2-1-3-7-15/h1-9H,10-14H2,(H,21,24). The third-order valence-electron chi connectivity index (χ3n) is 4.20. The van der Waals surface area contributed by atoms with Crippen molar-refractivity contribution >= 4 is 40.1 Å². The fourth-order valence-corrected chi connectivity index (χ4v) is 3.35. The monoisotopic (exact) mass is 449 g/mol. The van der Waals surface area contributed by atoms with Crippen LogP contribution in [0.4, 0.5) is 5.69 Å². The Morgan fingerprint density at radius 1 is 0.920 bits per heavy atom. The fraction of sp³-hybridized carbons (Fsp3) is 0.263. The quantitative estimate of drug-likeness (QED) is 0.731. The Kier molecular flexibility index (Phi) is 6.04. The number of nitrogens with one attached hydrogen (secondary N) is 1. The predicted molar refractivity (Wildman–Crippen MR) is 107 cm³/mol. The molecule has 2 aromatic carbocycles. The van der Waals surface area contributed by atoms with Crippen molar-refractivity contribution in [1.29, 1.82) is 0 Å². The lowest BCUT2D eigenvalue weighted by atomic mass is 10.2. The molecule has 0 spiro atoms. The van der Waals surface area contributed by atoms with Gasteiger partial charge in [-0.3, -0.25) is 14.5 Å². The summed E-state index contributed by atoms with van der Waals surface area (Å²) < 4.78 is 1.02. The van der Waals surface area contributed by atoms with Crippen molar-refractivity contribution in [3.05, 3.63) is 63.7 Å². The number of rotatable bonds is 4. The number of carbonyl (C=O) groups excluding carboxylic acids is 2. The number of hydrogen-bond acceptors (Lipinski definition) is 3. The van der Waals surface area contributed by atoms with E-state index >= 15 is 0 Å². The van der Waals surface area contributed by atoms with Crippen molar-refractivity contribution in [3.8, 4) is 0 Å². The Morgan fingerprint density at radius 3 is 2.24 bits per heavy atom. The molecule has 2 amide bonds. The van der Waals surface area contributed by atoms with Crippen molar-refractivity contribution < 1.29 is 9.59 Å². The van der Waals surface area contributed by atoms with Crippen molar-refractivity contribution in [1.82, 2.24) is 9.80 Å². The van der Waals surface area contributed by atoms with Crippen molar-refractivity contribution in [2.45, 2.75) is 0 Å². The highest BCUT2D eigenvalue weighted by Gasteiger charge is 2.23. The van der Waals surface area contributed by atoms with Crippen LogP contribution in [0.25, 0.3) is 0 Å². The Labute approximate surface area is 161 Å². The number of hydrogen-bond donors (Lipinski definition) is 1. The minimum absolute atomic E-state index is 0.0213. The lowest BCUT2D eigenvalue weighted by molar-refractivity contribution is -0.117. The third-order valence-corrected chi connectivity index (χ3v) is 5.14. The summed E-state index contributed by atoms with van der Waals surface area (Å²) in [5, 5.41) is 2.95. The van der Waals surface area contributed by atoms with Gasteiger partial charge in [0.1, 0.15) is 0 Å². The molecule has 0 aliphatic carbocycles. The van der Waals surface area contributed by atoms with E-state index in [2.05, 4.69) is 32.8 Å². The van der Waals surface area contributed by atoms with Crippen LogP contribution in [0.3, 0.4) is 0 Å². The van der Waals surface area contributed by atoms with Gasteiger partial charge in [0, 0.05) is 35.3 Å². The van der Waals surface area contributed by atoms with Gasteiger partial charge in [-0.1, -0.05) is 30.3 Å². The van der Waals surface area contributed by atoms with Crippen LogP contribution in [0.1, 0.15) is 10.4 Å². The Morgan fingerprint density at radius 2 is 1.56 bits per heavy atom. The molecule has 6 heteroatoms. The summed E-state index contributed by atoms with van der Waals surface area (Å²) in [6.45, 7) is 3.04. The minimum atomic E-state index is -0.0213. The Bertz CT molecular complexity index is 743. The second-order valence-corrected chi connectivity index (χ2v) is 7.12. The molecule has 0 bridgehead atoms. The van der Waals surface area contributed by atoms with Crippen LogP contribution in [0, 0.1) is 3.57 Å². The van der Waals surface area contributed by atoms with Gasteiger partial charge in [0.05, 0.1) is 12.2 Å². The molecular formula is C19H20IN3O2. The van der Waals surface area contributed by atoms with Gasteiger partial charge < -0.3 is 10.2 Å². The predicted octanol–water partition coefficient (Wildman–Crippen LogP) is 2.69. The van der Waals surface area contributed by atoms with E-state index in [9.17, 15) is 9.59 Å². The first-order chi connectivity index (χ1) is 12.1. The molecule has 1 N–H and O–H groups in total. The zero-order valence-corrected chi connectivity index (χ0v) is 16.0. The van der Waals surface area contributed by atoms with E-state index in [0.717, 1.165) is 9.26 Å². The van der Waals surface area contributed by atoms with Gasteiger partial charge in [0.2, 0.25) is 5.91 Å². The highest BCUT2D eigenvalue weighted by atomic mass is 127. The van der Waals surface area contributed by atoms with Gasteiger partial charge in [-0.15, -0.1) is 0 Å². The summed E-state index contributed by atoms with van der Waals surface area (Å²) in [5.74, 6) is 0.0375. The topological polar surface area (TPSA) is 52.7 Å². The van der Waals surface area contributed by atoms with E-state index in [0.29, 0.717) is 38.3 Å². The number of anilines is 1. The van der Waals surface area contributed by atoms with Crippen LogP contribution in [-0.2, 0) is 4.79 Å². The number of benzene rings is 2. The van der Waals surface area contributed by atoms with Crippen LogP contribution in [0.15, 0.2) is 54.6 Å². The van der Waals surface area contributed by atoms with Crippen LogP contribution in [0.2, 0.25) is 0 Å². The molecule has 130 valence electrons. The van der Waals surface area contributed by atoms with Gasteiger partial charge >= 0.3 is 0 Å². The third kappa shape index (κ3) is 4.79. The second-order valence-electron chi connectivity index (χ2n) is 5.96. The molecule has 25 heavy (non-hydrogen) atoms. The molecule has 2 aromatic rings. The molecule has 5 nitrogen and oxygen atoms in total. The molecule has 1 saturated heterocycles. The van der Waals surface area contributed by atoms with Gasteiger partial charge in [-0.25, -0.2) is 0 Å². The molecule has 3 rings (SSSR count). The van der Waals surface area contributed by atoms with Crippen LogP contribution in [-0.4, -0.2) is 54.3 Å². The first kappa shape index (κ1) is 17.9. The average Bonchev–Trinajstić information content (AvgIpc) is 2.64. The molecule has 0 atom stereocenters. The van der Waals surface area contributed by atoms with Crippen molar-refractivity contribution in [2.75, 3.05) is 38.0 Å². The molecule has 1 aliphatic heterocycles. The minimum Gasteiger partial charge on any atom is -0.336 e. The summed E-state index contributed by atoms with van der Waals surface area (Å²) in [4.78, 5) is 28.6. The normalized spacial score (nSPS) is 15.0. The summed E-state index contributed by atoms with van der Waals surface area (Å²) in [5.41, 5.74) is 1.55. The van der Waals surface area contributed by atoms with Crippen LogP contribution < -0.4 is 5.32 Å². The highest BCUT2D eigenvalue weighted by Crippen LogP contribution is 2.17. The first-order valence-corrected chi connectivity index (χ1v) is 9.32. The molecule has 0 saturated carbocycles. The van der Waals surface area contributed by atoms with E-state index in [1.807, 2.05) is 59.5 Å². The molecule has 0 aromatic heterocycles. The van der Waals surface area contributed by atoms with Crippen molar-refractivity contribution in [3.63, 3.8) is 0 Å². The Hall–Kier alpha value is -1.93. The van der Waals surface area contributed by atoms with Gasteiger partial charge in [0.25, 0.3) is 5.91 Å². The number of para-hydroxylation sites is 1. The molecular weight excluding hydrogens is 429 g/mol. The largest absolute Gasteiger partial charge is 0.336 e. The summed E-state index contributed by atoms with van der Waals surface area (Å²) in [6.07, 6.45) is 0. The molecule has 0 unspecified atom stereocenters. The zero-order chi connectivity index (χ0) is 17.6. The number of halogens is 1. The van der Waals surface area contributed by atoms with E-state index < -0.39 is 0 Å². The number of piperazine rings is 1. The van der Waals surface area contributed by atoms with E-state index in [1.165, 1.54) is 0 Å². The van der Waals surface area contributed by atoms with E-state index in [4.69, 9.17) is 0 Å². The van der Waals surface area contributed by atoms with Gasteiger partial charge in [-0.05, 0) is 46.9 Å². The van der Waals surface area contributed by atoms with E-state index in [-0.39, 0.29) is 11.8 Å². The molecule has 1 fully saturated rings. The maximum atomic E-state index is 12.4. The SMILES string of the molecule is O=C(CN1CCN(C(=O)c2ccccc2)CC1)Nc1ccccc1I. The molecule has 0 radical (unpaired) electrons. The maximum Gasteiger partial charge on any atom is 0.253 e. The average molecular weight is 449 g/mol.